The second-order valence-electron chi connectivity index (χ2n) is 7.80. The van der Waals surface area contributed by atoms with Crippen LogP contribution in [-0.4, -0.2) is 73.8 Å². The minimum absolute atomic E-state index is 0.0167. The van der Waals surface area contributed by atoms with E-state index in [-0.39, 0.29) is 30.3 Å². The summed E-state index contributed by atoms with van der Waals surface area (Å²) in [4.78, 5) is 24.5. The van der Waals surface area contributed by atoms with Gasteiger partial charge >= 0.3 is 6.09 Å². The van der Waals surface area contributed by atoms with Gasteiger partial charge in [-0.2, -0.15) is 5.10 Å². The number of phenols is 1. The van der Waals surface area contributed by atoms with E-state index in [1.807, 2.05) is 5.01 Å². The van der Waals surface area contributed by atoms with Gasteiger partial charge in [0, 0.05) is 18.1 Å². The molecule has 4 rings (SSSR count). The summed E-state index contributed by atoms with van der Waals surface area (Å²) in [6, 6.07) is 9.27. The molecule has 0 bridgehead atoms. The van der Waals surface area contributed by atoms with Gasteiger partial charge in [-0.05, 0) is 35.9 Å². The Balaban J connectivity index is 1.46. The highest BCUT2D eigenvalue weighted by Crippen LogP contribution is 2.31. The summed E-state index contributed by atoms with van der Waals surface area (Å²) in [7, 11) is 0. The minimum Gasteiger partial charge on any atom is -0.507 e. The van der Waals surface area contributed by atoms with E-state index in [0.717, 1.165) is 0 Å². The third-order valence-electron chi connectivity index (χ3n) is 5.41. The molecule has 2 fully saturated rings. The predicted molar refractivity (Wildman–Crippen MR) is 120 cm³/mol. The van der Waals surface area contributed by atoms with E-state index in [1.54, 1.807) is 30.5 Å². The second-order valence-corrected chi connectivity index (χ2v) is 7.80. The Kier molecular flexibility index (Phi) is 6.74. The fourth-order valence-electron chi connectivity index (χ4n) is 3.64. The lowest BCUT2D eigenvalue weighted by molar-refractivity contribution is -0.119. The number of hydrogen-bond donors (Lipinski definition) is 2. The number of hydrogen-bond acceptors (Lipinski definition) is 7. The molecule has 2 saturated heterocycles. The van der Waals surface area contributed by atoms with Crippen molar-refractivity contribution in [2.45, 2.75) is 13.0 Å². The number of nitrogens with zero attached hydrogens (tertiary/aromatic N) is 3. The normalized spacial score (nSPS) is 18.6. The predicted octanol–water partition coefficient (Wildman–Crippen LogP) is 2.33. The number of nitrogens with one attached hydrogen (secondary N) is 1. The molecule has 2 aliphatic heterocycles. The number of carbonyl (C=O) groups excluding carboxylic acids is 2. The van der Waals surface area contributed by atoms with Gasteiger partial charge in [0.2, 0.25) is 5.91 Å². The van der Waals surface area contributed by atoms with E-state index in [1.165, 1.54) is 24.0 Å². The molecule has 0 unspecified atom stereocenters. The van der Waals surface area contributed by atoms with Crippen molar-refractivity contribution in [2.24, 2.45) is 5.10 Å². The van der Waals surface area contributed by atoms with Crippen LogP contribution < -0.4 is 10.2 Å². The number of aromatic hydroxyl groups is 1. The zero-order chi connectivity index (χ0) is 23.4. The molecule has 9 nitrogen and oxygen atoms in total. The van der Waals surface area contributed by atoms with E-state index < -0.39 is 18.0 Å². The molecule has 2 aromatic rings. The van der Waals surface area contributed by atoms with E-state index >= 15 is 0 Å². The van der Waals surface area contributed by atoms with Gasteiger partial charge in [-0.25, -0.2) is 9.18 Å². The number of benzene rings is 2. The number of rotatable bonds is 6. The Hall–Kier alpha value is -3.66. The number of hydrazone groups is 1. The van der Waals surface area contributed by atoms with Gasteiger partial charge < -0.3 is 19.9 Å². The van der Waals surface area contributed by atoms with Crippen molar-refractivity contribution in [3.63, 3.8) is 0 Å². The molecular weight excluding hydrogens is 431 g/mol. The van der Waals surface area contributed by atoms with Crippen LogP contribution in [0.4, 0.5) is 14.9 Å². The number of phenolic OH excluding ortho intramolecular Hbond substituents is 1. The van der Waals surface area contributed by atoms with Crippen LogP contribution in [0.2, 0.25) is 0 Å². The summed E-state index contributed by atoms with van der Waals surface area (Å²) in [5.74, 6) is -0.779. The average molecular weight is 456 g/mol. The fourth-order valence-corrected chi connectivity index (χ4v) is 3.64. The van der Waals surface area contributed by atoms with Crippen molar-refractivity contribution < 1.29 is 28.6 Å². The molecule has 2 heterocycles. The monoisotopic (exact) mass is 456 g/mol. The Morgan fingerprint density at radius 3 is 2.76 bits per heavy atom. The quantitative estimate of drug-likeness (QED) is 0.647. The van der Waals surface area contributed by atoms with Crippen LogP contribution in [0, 0.1) is 5.82 Å². The molecule has 2 aromatic carbocycles. The molecule has 10 heteroatoms. The SMILES string of the molecule is CC(=O)NC[C@H]1CN(c2ccc(-c3ccc(C=NN4CCOCC4)c(O)c3)c(F)c2)C(=O)O1. The zero-order valence-corrected chi connectivity index (χ0v) is 18.2. The number of morpholine rings is 1. The first kappa shape index (κ1) is 22.5. The molecule has 0 saturated carbocycles. The number of halogens is 1. The maximum Gasteiger partial charge on any atom is 0.414 e. The zero-order valence-electron chi connectivity index (χ0n) is 18.2. The van der Waals surface area contributed by atoms with Crippen LogP contribution in [0.1, 0.15) is 12.5 Å². The summed E-state index contributed by atoms with van der Waals surface area (Å²) in [6.07, 6.45) is 0.465. The van der Waals surface area contributed by atoms with Gasteiger partial charge in [-0.3, -0.25) is 14.7 Å². The van der Waals surface area contributed by atoms with Gasteiger partial charge in [0.05, 0.1) is 51.3 Å². The van der Waals surface area contributed by atoms with Crippen molar-refractivity contribution >= 4 is 23.9 Å². The first-order valence-corrected chi connectivity index (χ1v) is 10.6. The van der Waals surface area contributed by atoms with Crippen LogP contribution >= 0.6 is 0 Å². The Bertz CT molecular complexity index is 1070. The summed E-state index contributed by atoms with van der Waals surface area (Å²) >= 11 is 0. The van der Waals surface area contributed by atoms with Gasteiger partial charge in [-0.1, -0.05) is 6.07 Å². The summed E-state index contributed by atoms with van der Waals surface area (Å²) in [5, 5.41) is 19.2. The Labute approximate surface area is 190 Å². The van der Waals surface area contributed by atoms with Crippen molar-refractivity contribution in [3.8, 4) is 16.9 Å². The lowest BCUT2D eigenvalue weighted by atomic mass is 10.0. The molecule has 0 radical (unpaired) electrons. The topological polar surface area (TPSA) is 104 Å². The minimum atomic E-state index is -0.598. The first-order valence-electron chi connectivity index (χ1n) is 10.6. The van der Waals surface area contributed by atoms with Crippen molar-refractivity contribution in [1.82, 2.24) is 10.3 Å². The molecule has 174 valence electrons. The lowest BCUT2D eigenvalue weighted by Gasteiger charge is -2.23. The van der Waals surface area contributed by atoms with Gasteiger partial charge in [-0.15, -0.1) is 0 Å². The van der Waals surface area contributed by atoms with Crippen LogP contribution in [-0.2, 0) is 14.3 Å². The number of anilines is 1. The number of carbonyl (C=O) groups is 2. The van der Waals surface area contributed by atoms with Crippen molar-refractivity contribution in [2.75, 3.05) is 44.3 Å². The highest BCUT2D eigenvalue weighted by molar-refractivity contribution is 5.90. The summed E-state index contributed by atoms with van der Waals surface area (Å²) < 4.78 is 25.4. The van der Waals surface area contributed by atoms with E-state index in [0.29, 0.717) is 43.1 Å². The van der Waals surface area contributed by atoms with Crippen LogP contribution in [0.5, 0.6) is 5.75 Å². The van der Waals surface area contributed by atoms with Crippen molar-refractivity contribution in [1.29, 1.82) is 0 Å². The summed E-state index contributed by atoms with van der Waals surface area (Å²) in [6.45, 7) is 4.38. The smallest absolute Gasteiger partial charge is 0.414 e. The number of ether oxygens (including phenoxy) is 2. The molecule has 1 atom stereocenters. The lowest BCUT2D eigenvalue weighted by Crippen LogP contribution is -2.33. The van der Waals surface area contributed by atoms with Crippen LogP contribution in [0.15, 0.2) is 41.5 Å². The molecule has 33 heavy (non-hydrogen) atoms. The first-order chi connectivity index (χ1) is 15.9. The summed E-state index contributed by atoms with van der Waals surface area (Å²) in [5.41, 5.74) is 1.65. The van der Waals surface area contributed by atoms with E-state index in [9.17, 15) is 19.1 Å². The largest absolute Gasteiger partial charge is 0.507 e. The standard InChI is InChI=1S/C23H25FN4O5/c1-15(29)25-13-19-14-28(23(31)33-19)18-4-5-20(21(24)11-18)16-2-3-17(22(30)10-16)12-26-27-6-8-32-9-7-27/h2-5,10-12,19,30H,6-9,13-14H2,1H3,(H,25,29)/t19-/m0/s1. The maximum atomic E-state index is 14.9. The van der Waals surface area contributed by atoms with Crippen LogP contribution in [0.3, 0.4) is 0 Å². The fraction of sp³-hybridized carbons (Fsp3) is 0.348. The van der Waals surface area contributed by atoms with Crippen LogP contribution in [0.25, 0.3) is 11.1 Å². The molecule has 0 aliphatic carbocycles. The molecule has 2 N–H and O–H groups in total. The Morgan fingerprint density at radius 2 is 2.06 bits per heavy atom. The second kappa shape index (κ2) is 9.86. The highest BCUT2D eigenvalue weighted by atomic mass is 19.1. The highest BCUT2D eigenvalue weighted by Gasteiger charge is 2.32. The average Bonchev–Trinajstić information content (AvgIpc) is 3.18. The third kappa shape index (κ3) is 5.40. The molecular formula is C23H25FN4O5. The van der Waals surface area contributed by atoms with Gasteiger partial charge in [0.15, 0.2) is 0 Å². The van der Waals surface area contributed by atoms with Gasteiger partial charge in [0.25, 0.3) is 0 Å². The van der Waals surface area contributed by atoms with E-state index in [4.69, 9.17) is 9.47 Å². The number of amides is 2. The van der Waals surface area contributed by atoms with Gasteiger partial charge in [0.1, 0.15) is 17.7 Å². The molecule has 2 amide bonds. The van der Waals surface area contributed by atoms with Crippen molar-refractivity contribution in [3.05, 3.63) is 47.8 Å². The third-order valence-corrected chi connectivity index (χ3v) is 5.41. The molecule has 0 aromatic heterocycles. The molecule has 0 spiro atoms. The maximum absolute atomic E-state index is 14.9. The van der Waals surface area contributed by atoms with E-state index in [2.05, 4.69) is 10.4 Å². The Morgan fingerprint density at radius 1 is 1.27 bits per heavy atom. The number of cyclic esters (lactones) is 1. The molecule has 2 aliphatic rings.